The molecule has 0 bridgehead atoms. The Labute approximate surface area is 109 Å². The molecule has 4 nitrogen and oxygen atoms in total. The van der Waals surface area contributed by atoms with Gasteiger partial charge in [-0.25, -0.2) is 0 Å². The van der Waals surface area contributed by atoms with Gasteiger partial charge in [0.1, 0.15) is 5.69 Å². The van der Waals surface area contributed by atoms with Crippen molar-refractivity contribution in [3.8, 4) is 0 Å². The minimum atomic E-state index is -0.129. The number of rotatable bonds is 6. The van der Waals surface area contributed by atoms with E-state index in [-0.39, 0.29) is 11.3 Å². The maximum atomic E-state index is 11.7. The van der Waals surface area contributed by atoms with Crippen molar-refractivity contribution in [1.29, 1.82) is 0 Å². The summed E-state index contributed by atoms with van der Waals surface area (Å²) < 4.78 is 0. The Balaban J connectivity index is 2.68. The number of nitrogens with zero attached hydrogens (tertiary/aromatic N) is 1. The van der Waals surface area contributed by atoms with Crippen LogP contribution in [0.1, 0.15) is 44.6 Å². The van der Waals surface area contributed by atoms with Gasteiger partial charge in [0.25, 0.3) is 5.91 Å². The van der Waals surface area contributed by atoms with Crippen LogP contribution in [0.3, 0.4) is 0 Å². The highest BCUT2D eigenvalue weighted by Gasteiger charge is 2.14. The normalized spacial score (nSPS) is 11.1. The van der Waals surface area contributed by atoms with Crippen molar-refractivity contribution in [3.05, 3.63) is 24.0 Å². The Morgan fingerprint density at radius 1 is 1.39 bits per heavy atom. The molecule has 0 radical (unpaired) electrons. The summed E-state index contributed by atoms with van der Waals surface area (Å²) in [6.07, 6.45) is 2.76. The Hall–Kier alpha value is -1.58. The zero-order chi connectivity index (χ0) is 13.6. The Morgan fingerprint density at radius 2 is 2.11 bits per heavy atom. The second kappa shape index (κ2) is 6.38. The van der Waals surface area contributed by atoms with E-state index in [9.17, 15) is 4.79 Å². The molecular formula is C14H23N3O. The topological polar surface area (TPSA) is 54.0 Å². The van der Waals surface area contributed by atoms with Crippen LogP contribution in [0.4, 0.5) is 5.69 Å². The Bertz CT molecular complexity index is 402. The molecule has 4 heteroatoms. The van der Waals surface area contributed by atoms with E-state index in [1.165, 1.54) is 0 Å². The van der Waals surface area contributed by atoms with Crippen LogP contribution in [0, 0.1) is 5.41 Å². The second-order valence-electron chi connectivity index (χ2n) is 5.16. The van der Waals surface area contributed by atoms with Crippen molar-refractivity contribution in [3.63, 3.8) is 0 Å². The summed E-state index contributed by atoms with van der Waals surface area (Å²) in [5.41, 5.74) is 1.64. The highest BCUT2D eigenvalue weighted by Crippen LogP contribution is 2.20. The van der Waals surface area contributed by atoms with Crippen LogP contribution in [-0.4, -0.2) is 24.0 Å². The summed E-state index contributed by atoms with van der Waals surface area (Å²) in [6.45, 7) is 9.99. The quantitative estimate of drug-likeness (QED) is 0.815. The van der Waals surface area contributed by atoms with Gasteiger partial charge in [-0.05, 0) is 30.9 Å². The lowest BCUT2D eigenvalue weighted by molar-refractivity contribution is 0.0951. The molecule has 0 aliphatic heterocycles. The predicted molar refractivity (Wildman–Crippen MR) is 74.8 cm³/mol. The first kappa shape index (κ1) is 14.5. The van der Waals surface area contributed by atoms with Crippen LogP contribution >= 0.6 is 0 Å². The Morgan fingerprint density at radius 3 is 2.72 bits per heavy atom. The molecule has 0 saturated heterocycles. The maximum absolute atomic E-state index is 11.7. The number of pyridine rings is 1. The zero-order valence-electron chi connectivity index (χ0n) is 11.7. The van der Waals surface area contributed by atoms with E-state index in [4.69, 9.17) is 0 Å². The second-order valence-corrected chi connectivity index (χ2v) is 5.16. The number of carbonyl (C=O) groups excluding carboxylic acids is 1. The van der Waals surface area contributed by atoms with E-state index in [1.807, 2.05) is 13.0 Å². The Kier molecular flexibility index (Phi) is 5.13. The SMILES string of the molecule is CCNC(=O)c1cc(NCC(C)(C)CC)ccn1. The fraction of sp³-hybridized carbons (Fsp3) is 0.571. The van der Waals surface area contributed by atoms with Gasteiger partial charge in [-0.2, -0.15) is 0 Å². The lowest BCUT2D eigenvalue weighted by Gasteiger charge is -2.23. The average Bonchev–Trinajstić information content (AvgIpc) is 2.37. The predicted octanol–water partition coefficient (Wildman–Crippen LogP) is 2.68. The molecule has 0 unspecified atom stereocenters. The maximum Gasteiger partial charge on any atom is 0.269 e. The number of aromatic nitrogens is 1. The lowest BCUT2D eigenvalue weighted by atomic mass is 9.90. The summed E-state index contributed by atoms with van der Waals surface area (Å²) in [5, 5.41) is 6.10. The van der Waals surface area contributed by atoms with Crippen molar-refractivity contribution in [2.45, 2.75) is 34.1 Å². The molecule has 1 amide bonds. The van der Waals surface area contributed by atoms with E-state index in [0.717, 1.165) is 18.7 Å². The van der Waals surface area contributed by atoms with Crippen LogP contribution < -0.4 is 10.6 Å². The fourth-order valence-electron chi connectivity index (χ4n) is 1.38. The van der Waals surface area contributed by atoms with Crippen LogP contribution in [0.5, 0.6) is 0 Å². The number of carbonyl (C=O) groups is 1. The molecular weight excluding hydrogens is 226 g/mol. The molecule has 0 spiro atoms. The summed E-state index contributed by atoms with van der Waals surface area (Å²) in [6, 6.07) is 3.67. The van der Waals surface area contributed by atoms with Crippen molar-refractivity contribution in [2.24, 2.45) is 5.41 Å². The first-order valence-corrected chi connectivity index (χ1v) is 6.46. The zero-order valence-corrected chi connectivity index (χ0v) is 11.7. The van der Waals surface area contributed by atoms with Gasteiger partial charge < -0.3 is 10.6 Å². The summed E-state index contributed by atoms with van der Waals surface area (Å²) in [4.78, 5) is 15.7. The molecule has 0 atom stereocenters. The molecule has 1 rings (SSSR count). The molecule has 2 N–H and O–H groups in total. The first-order valence-electron chi connectivity index (χ1n) is 6.46. The van der Waals surface area contributed by atoms with Gasteiger partial charge in [-0.15, -0.1) is 0 Å². The van der Waals surface area contributed by atoms with Crippen LogP contribution in [0.15, 0.2) is 18.3 Å². The first-order chi connectivity index (χ1) is 8.48. The summed E-state index contributed by atoms with van der Waals surface area (Å²) in [5.74, 6) is -0.129. The number of hydrogen-bond donors (Lipinski definition) is 2. The third kappa shape index (κ3) is 4.35. The van der Waals surface area contributed by atoms with E-state index in [2.05, 4.69) is 36.4 Å². The monoisotopic (exact) mass is 249 g/mol. The van der Waals surface area contributed by atoms with E-state index >= 15 is 0 Å². The molecule has 100 valence electrons. The molecule has 18 heavy (non-hydrogen) atoms. The smallest absolute Gasteiger partial charge is 0.269 e. The number of hydrogen-bond acceptors (Lipinski definition) is 3. The fourth-order valence-corrected chi connectivity index (χ4v) is 1.38. The minimum Gasteiger partial charge on any atom is -0.384 e. The van der Waals surface area contributed by atoms with Crippen molar-refractivity contribution < 1.29 is 4.79 Å². The van der Waals surface area contributed by atoms with E-state index in [1.54, 1.807) is 12.3 Å². The van der Waals surface area contributed by atoms with Crippen LogP contribution in [0.2, 0.25) is 0 Å². The molecule has 0 fully saturated rings. The van der Waals surface area contributed by atoms with Gasteiger partial charge in [-0.1, -0.05) is 20.8 Å². The van der Waals surface area contributed by atoms with Gasteiger partial charge in [0.2, 0.25) is 0 Å². The van der Waals surface area contributed by atoms with Gasteiger partial charge in [0.05, 0.1) is 0 Å². The highest BCUT2D eigenvalue weighted by atomic mass is 16.1. The van der Waals surface area contributed by atoms with Gasteiger partial charge >= 0.3 is 0 Å². The lowest BCUT2D eigenvalue weighted by Crippen LogP contribution is -2.24. The van der Waals surface area contributed by atoms with Crippen molar-refractivity contribution in [1.82, 2.24) is 10.3 Å². The van der Waals surface area contributed by atoms with E-state index < -0.39 is 0 Å². The van der Waals surface area contributed by atoms with Crippen LogP contribution in [0.25, 0.3) is 0 Å². The number of anilines is 1. The van der Waals surface area contributed by atoms with Gasteiger partial charge in [0, 0.05) is 25.0 Å². The largest absolute Gasteiger partial charge is 0.384 e. The van der Waals surface area contributed by atoms with Crippen molar-refractivity contribution in [2.75, 3.05) is 18.4 Å². The molecule has 0 aliphatic rings. The molecule has 0 aliphatic carbocycles. The average molecular weight is 249 g/mol. The molecule has 1 aromatic rings. The third-order valence-corrected chi connectivity index (χ3v) is 3.06. The standard InChI is InChI=1S/C14H23N3O/c1-5-14(3,4)10-17-11-7-8-16-12(9-11)13(18)15-6-2/h7-9H,5-6,10H2,1-4H3,(H,15,18)(H,16,17). The highest BCUT2D eigenvalue weighted by molar-refractivity contribution is 5.93. The molecule has 0 saturated carbocycles. The number of amides is 1. The molecule has 0 aromatic carbocycles. The van der Waals surface area contributed by atoms with Gasteiger partial charge in [0.15, 0.2) is 0 Å². The van der Waals surface area contributed by atoms with Crippen molar-refractivity contribution >= 4 is 11.6 Å². The molecule has 1 aromatic heterocycles. The summed E-state index contributed by atoms with van der Waals surface area (Å²) in [7, 11) is 0. The van der Waals surface area contributed by atoms with Gasteiger partial charge in [-0.3, -0.25) is 9.78 Å². The van der Waals surface area contributed by atoms with E-state index in [0.29, 0.717) is 12.2 Å². The van der Waals surface area contributed by atoms with Crippen LogP contribution in [-0.2, 0) is 0 Å². The third-order valence-electron chi connectivity index (χ3n) is 3.06. The molecule has 1 heterocycles. The summed E-state index contributed by atoms with van der Waals surface area (Å²) >= 11 is 0. The number of nitrogens with one attached hydrogen (secondary N) is 2. The minimum absolute atomic E-state index is 0.129.